The first-order valence-electron chi connectivity index (χ1n) is 10.5. The van der Waals surface area contributed by atoms with Gasteiger partial charge in [-0.25, -0.2) is 19.9 Å². The molecule has 34 heavy (non-hydrogen) atoms. The summed E-state index contributed by atoms with van der Waals surface area (Å²) in [6, 6.07) is 13.3. The number of aliphatic hydroxyl groups is 1. The van der Waals surface area contributed by atoms with E-state index in [4.69, 9.17) is 20.6 Å². The van der Waals surface area contributed by atoms with E-state index < -0.39 is 12.5 Å². The van der Waals surface area contributed by atoms with Crippen molar-refractivity contribution >= 4 is 17.7 Å². The first-order chi connectivity index (χ1) is 16.6. The Morgan fingerprint density at radius 3 is 2.71 bits per heavy atom. The van der Waals surface area contributed by atoms with Crippen molar-refractivity contribution < 1.29 is 14.6 Å². The molecular formula is C23H24N8O3. The molecule has 0 aliphatic heterocycles. The molecule has 0 saturated carbocycles. The molecule has 4 rings (SSSR count). The van der Waals surface area contributed by atoms with Gasteiger partial charge in [-0.3, -0.25) is 4.79 Å². The van der Waals surface area contributed by atoms with Crippen molar-refractivity contribution in [2.45, 2.75) is 0 Å². The summed E-state index contributed by atoms with van der Waals surface area (Å²) in [5.74, 6) is 1.34. The fourth-order valence-electron chi connectivity index (χ4n) is 3.26. The van der Waals surface area contributed by atoms with Crippen LogP contribution >= 0.6 is 0 Å². The Labute approximate surface area is 195 Å². The summed E-state index contributed by atoms with van der Waals surface area (Å²) in [6.45, 7) is 0.148. The van der Waals surface area contributed by atoms with Gasteiger partial charge in [0.1, 0.15) is 18.1 Å². The molecule has 0 aliphatic carbocycles. The fourth-order valence-corrected chi connectivity index (χ4v) is 3.26. The first-order valence-corrected chi connectivity index (χ1v) is 10.5. The Balaban J connectivity index is 1.69. The van der Waals surface area contributed by atoms with Crippen LogP contribution < -0.4 is 21.1 Å². The minimum Gasteiger partial charge on any atom is -0.493 e. The number of hydrogen-bond acceptors (Lipinski definition) is 9. The van der Waals surface area contributed by atoms with Crippen LogP contribution in [0, 0.1) is 0 Å². The van der Waals surface area contributed by atoms with E-state index in [2.05, 4.69) is 30.6 Å². The number of carbonyl (C=O) groups is 1. The monoisotopic (exact) mass is 460 g/mol. The summed E-state index contributed by atoms with van der Waals surface area (Å²) in [4.78, 5) is 32.4. The van der Waals surface area contributed by atoms with E-state index in [1.807, 2.05) is 30.3 Å². The molecule has 0 radical (unpaired) electrons. The number of aromatic amines is 1. The summed E-state index contributed by atoms with van der Waals surface area (Å²) in [5, 5.41) is 14.4. The highest BCUT2D eigenvalue weighted by Gasteiger charge is 2.18. The summed E-state index contributed by atoms with van der Waals surface area (Å²) in [6.07, 6.45) is 3.27. The van der Waals surface area contributed by atoms with Crippen LogP contribution in [0.3, 0.4) is 0 Å². The number of methoxy groups -OCH3 is 1. The van der Waals surface area contributed by atoms with Crippen LogP contribution in [-0.4, -0.2) is 62.7 Å². The second-order valence-electron chi connectivity index (χ2n) is 7.19. The maximum atomic E-state index is 11.2. The Bertz CT molecular complexity index is 1280. The summed E-state index contributed by atoms with van der Waals surface area (Å²) in [5.41, 5.74) is 9.43. The standard InChI is InChI=1S/C23H24N8O3/c1-34-17-11-15(12-28-21(17)24)19-20(31-22(30-19)14-5-3-2-4-6-14)16-7-8-26-23(29-16)27-10-9-25-18(33)13-32/h2-8,11-12,32H,9-10,13H2,1H3,(H2,24,28)(H,25,33)(H,30,31)(H,26,27,29). The van der Waals surface area contributed by atoms with Crippen molar-refractivity contribution in [2.24, 2.45) is 0 Å². The number of anilines is 2. The van der Waals surface area contributed by atoms with E-state index in [0.29, 0.717) is 47.7 Å². The van der Waals surface area contributed by atoms with E-state index in [1.165, 1.54) is 7.11 Å². The van der Waals surface area contributed by atoms with Gasteiger partial charge in [0, 0.05) is 36.6 Å². The van der Waals surface area contributed by atoms with Crippen molar-refractivity contribution in [1.82, 2.24) is 30.2 Å². The maximum absolute atomic E-state index is 11.2. The summed E-state index contributed by atoms with van der Waals surface area (Å²) < 4.78 is 5.34. The van der Waals surface area contributed by atoms with Crippen LogP contribution in [0.1, 0.15) is 0 Å². The summed E-state index contributed by atoms with van der Waals surface area (Å²) in [7, 11) is 1.53. The van der Waals surface area contributed by atoms with Gasteiger partial charge in [-0.15, -0.1) is 0 Å². The van der Waals surface area contributed by atoms with Crippen molar-refractivity contribution in [3.05, 3.63) is 54.9 Å². The average Bonchev–Trinajstić information content (AvgIpc) is 3.33. The Morgan fingerprint density at radius 1 is 1.12 bits per heavy atom. The number of nitrogens with zero attached hydrogens (tertiary/aromatic N) is 4. The van der Waals surface area contributed by atoms with Gasteiger partial charge in [-0.2, -0.15) is 0 Å². The van der Waals surface area contributed by atoms with Crippen LogP contribution in [0.15, 0.2) is 54.9 Å². The third kappa shape index (κ3) is 5.10. The molecule has 3 heterocycles. The predicted octanol–water partition coefficient (Wildman–Crippen LogP) is 1.71. The zero-order valence-electron chi connectivity index (χ0n) is 18.4. The molecule has 3 aromatic heterocycles. The third-order valence-electron chi connectivity index (χ3n) is 4.91. The van der Waals surface area contributed by atoms with E-state index in [0.717, 1.165) is 11.1 Å². The number of aliphatic hydroxyl groups excluding tert-OH is 1. The van der Waals surface area contributed by atoms with Gasteiger partial charge in [0.15, 0.2) is 11.6 Å². The van der Waals surface area contributed by atoms with Crippen LogP contribution in [0.25, 0.3) is 34.0 Å². The highest BCUT2D eigenvalue weighted by atomic mass is 16.5. The zero-order valence-corrected chi connectivity index (χ0v) is 18.4. The quantitative estimate of drug-likeness (QED) is 0.234. The lowest BCUT2D eigenvalue weighted by Crippen LogP contribution is -2.31. The molecule has 11 nitrogen and oxygen atoms in total. The number of carbonyl (C=O) groups excluding carboxylic acids is 1. The number of hydrogen-bond donors (Lipinski definition) is 5. The summed E-state index contributed by atoms with van der Waals surface area (Å²) >= 11 is 0. The van der Waals surface area contributed by atoms with Gasteiger partial charge in [0.25, 0.3) is 0 Å². The van der Waals surface area contributed by atoms with Gasteiger partial charge in [-0.05, 0) is 12.1 Å². The lowest BCUT2D eigenvalue weighted by atomic mass is 10.1. The molecule has 0 saturated heterocycles. The molecule has 0 unspecified atom stereocenters. The molecule has 0 bridgehead atoms. The number of rotatable bonds is 9. The van der Waals surface area contributed by atoms with Crippen LogP contribution in [0.2, 0.25) is 0 Å². The number of nitrogens with two attached hydrogens (primary N) is 1. The smallest absolute Gasteiger partial charge is 0.245 e. The molecule has 1 amide bonds. The number of benzene rings is 1. The normalized spacial score (nSPS) is 10.6. The molecule has 6 N–H and O–H groups in total. The molecule has 11 heteroatoms. The molecular weight excluding hydrogens is 436 g/mol. The third-order valence-corrected chi connectivity index (χ3v) is 4.91. The van der Waals surface area contributed by atoms with Crippen LogP contribution in [0.4, 0.5) is 11.8 Å². The van der Waals surface area contributed by atoms with Gasteiger partial charge in [-0.1, -0.05) is 30.3 Å². The number of pyridine rings is 1. The van der Waals surface area contributed by atoms with E-state index in [-0.39, 0.29) is 5.82 Å². The Hall–Kier alpha value is -4.51. The van der Waals surface area contributed by atoms with Crippen LogP contribution in [0.5, 0.6) is 5.75 Å². The number of ether oxygens (including phenoxy) is 1. The minimum atomic E-state index is -0.553. The highest BCUT2D eigenvalue weighted by molar-refractivity contribution is 5.81. The number of H-pyrrole nitrogens is 1. The van der Waals surface area contributed by atoms with Gasteiger partial charge >= 0.3 is 0 Å². The lowest BCUT2D eigenvalue weighted by molar-refractivity contribution is -0.123. The van der Waals surface area contributed by atoms with E-state index in [9.17, 15) is 4.79 Å². The topological polar surface area (TPSA) is 164 Å². The SMILES string of the molecule is COc1cc(-c2[nH]c(-c3ccccc3)nc2-c2ccnc(NCCNC(=O)CO)n2)cnc1N. The number of amides is 1. The molecule has 0 atom stereocenters. The van der Waals surface area contributed by atoms with Crippen molar-refractivity contribution in [3.63, 3.8) is 0 Å². The number of nitrogen functional groups attached to an aromatic ring is 1. The van der Waals surface area contributed by atoms with Gasteiger partial charge in [0.05, 0.1) is 18.5 Å². The van der Waals surface area contributed by atoms with Gasteiger partial charge in [0.2, 0.25) is 11.9 Å². The van der Waals surface area contributed by atoms with Gasteiger partial charge < -0.3 is 31.2 Å². The second-order valence-corrected chi connectivity index (χ2v) is 7.19. The molecule has 1 aromatic carbocycles. The molecule has 4 aromatic rings. The zero-order chi connectivity index (χ0) is 23.9. The molecule has 0 spiro atoms. The maximum Gasteiger partial charge on any atom is 0.245 e. The number of nitrogens with one attached hydrogen (secondary N) is 3. The Kier molecular flexibility index (Phi) is 6.94. The Morgan fingerprint density at radius 2 is 1.94 bits per heavy atom. The lowest BCUT2D eigenvalue weighted by Gasteiger charge is -2.08. The van der Waals surface area contributed by atoms with Crippen LogP contribution in [-0.2, 0) is 4.79 Å². The fraction of sp³-hybridized carbons (Fsp3) is 0.174. The van der Waals surface area contributed by atoms with E-state index >= 15 is 0 Å². The largest absolute Gasteiger partial charge is 0.493 e. The van der Waals surface area contributed by atoms with Crippen molar-refractivity contribution in [2.75, 3.05) is 37.9 Å². The second kappa shape index (κ2) is 10.4. The number of aromatic nitrogens is 5. The predicted molar refractivity (Wildman–Crippen MR) is 128 cm³/mol. The number of imidazole rings is 1. The molecule has 174 valence electrons. The minimum absolute atomic E-state index is 0.289. The highest BCUT2D eigenvalue weighted by Crippen LogP contribution is 2.34. The van der Waals surface area contributed by atoms with Crippen molar-refractivity contribution in [1.29, 1.82) is 0 Å². The van der Waals surface area contributed by atoms with Crippen molar-refractivity contribution in [3.8, 4) is 39.8 Å². The van der Waals surface area contributed by atoms with E-state index in [1.54, 1.807) is 24.5 Å². The average molecular weight is 460 g/mol. The molecule has 0 aliphatic rings. The molecule has 0 fully saturated rings. The first kappa shape index (κ1) is 22.7.